The van der Waals surface area contributed by atoms with Gasteiger partial charge >= 0.3 is 0 Å². The number of halogens is 2. The summed E-state index contributed by atoms with van der Waals surface area (Å²) in [5.74, 6) is 0.749. The van der Waals surface area contributed by atoms with Crippen LogP contribution in [0.2, 0.25) is 0 Å². The average molecular weight is 200 g/mol. The lowest BCUT2D eigenvalue weighted by Gasteiger charge is -2.18. The van der Waals surface area contributed by atoms with E-state index in [0.717, 1.165) is 17.6 Å². The van der Waals surface area contributed by atoms with Crippen LogP contribution in [-0.2, 0) is 0 Å². The van der Waals surface area contributed by atoms with Gasteiger partial charge in [-0.1, -0.05) is 29.8 Å². The minimum Gasteiger partial charge on any atom is -0.126 e. The van der Waals surface area contributed by atoms with Crippen LogP contribution in [-0.4, -0.2) is 11.2 Å². The van der Waals surface area contributed by atoms with E-state index < -0.39 is 0 Å². The molecule has 0 amide bonds. The Hall–Kier alpha value is 0.770. The summed E-state index contributed by atoms with van der Waals surface area (Å²) < 4.78 is 0. The Morgan fingerprint density at radius 2 is 2.00 bits per heavy atom. The third-order valence-electron chi connectivity index (χ3n) is 1.13. The predicted octanol–water partition coefficient (Wildman–Crippen LogP) is 3.04. The van der Waals surface area contributed by atoms with Gasteiger partial charge in [0.25, 0.3) is 0 Å². The van der Waals surface area contributed by atoms with Crippen LogP contribution in [0.1, 0.15) is 20.3 Å². The molecule has 50 valence electrons. The van der Waals surface area contributed by atoms with Crippen molar-refractivity contribution < 1.29 is 0 Å². The molecule has 0 aliphatic heterocycles. The molecule has 0 N–H and O–H groups in total. The fourth-order valence-electron chi connectivity index (χ4n) is 0.323. The maximum atomic E-state index is 5.65. The zero-order chi connectivity index (χ0) is 6.62. The maximum Gasteiger partial charge on any atom is 0.0275 e. The van der Waals surface area contributed by atoms with Crippen LogP contribution in [0.5, 0.6) is 0 Å². The van der Waals surface area contributed by atoms with Gasteiger partial charge in [0.05, 0.1) is 0 Å². The van der Waals surface area contributed by atoms with Gasteiger partial charge in [0, 0.05) is 11.2 Å². The molecule has 0 aromatic carbocycles. The van der Waals surface area contributed by atoms with Crippen LogP contribution in [0.3, 0.4) is 0 Å². The molecule has 0 atom stereocenters. The Kier molecular flexibility index (Phi) is 4.09. The molecule has 0 aromatic heterocycles. The second-order valence-corrected chi connectivity index (χ2v) is 3.80. The molecular formula is C6H12BrCl. The first-order valence-corrected chi connectivity index (χ1v) is 4.40. The lowest BCUT2D eigenvalue weighted by Crippen LogP contribution is -2.13. The van der Waals surface area contributed by atoms with E-state index in [9.17, 15) is 0 Å². The monoisotopic (exact) mass is 198 g/mol. The first-order valence-electron chi connectivity index (χ1n) is 2.74. The number of rotatable bonds is 3. The molecule has 0 bridgehead atoms. The maximum absolute atomic E-state index is 5.65. The van der Waals surface area contributed by atoms with Crippen molar-refractivity contribution in [1.29, 1.82) is 0 Å². The highest BCUT2D eigenvalue weighted by molar-refractivity contribution is 9.09. The van der Waals surface area contributed by atoms with Gasteiger partial charge in [0.2, 0.25) is 0 Å². The number of hydrogen-bond donors (Lipinski definition) is 0. The van der Waals surface area contributed by atoms with Crippen LogP contribution in [0.25, 0.3) is 0 Å². The Labute approximate surface area is 64.7 Å². The first kappa shape index (κ1) is 8.77. The quantitative estimate of drug-likeness (QED) is 0.613. The van der Waals surface area contributed by atoms with E-state index in [1.165, 1.54) is 0 Å². The van der Waals surface area contributed by atoms with Gasteiger partial charge in [0.1, 0.15) is 0 Å². The van der Waals surface area contributed by atoms with Crippen LogP contribution in [0.15, 0.2) is 0 Å². The molecule has 0 nitrogen and oxygen atoms in total. The standard InChI is InChI=1S/C6H12BrCl/c1-6(2,5-8)3-4-7/h3-5H2,1-2H3. The first-order chi connectivity index (χ1) is 3.62. The highest BCUT2D eigenvalue weighted by Crippen LogP contribution is 2.22. The lowest BCUT2D eigenvalue weighted by molar-refractivity contribution is 0.409. The van der Waals surface area contributed by atoms with Crippen LogP contribution in [0.4, 0.5) is 0 Å². The van der Waals surface area contributed by atoms with Crippen molar-refractivity contribution in [2.24, 2.45) is 5.41 Å². The predicted molar refractivity (Wildman–Crippen MR) is 42.9 cm³/mol. The molecule has 0 saturated heterocycles. The van der Waals surface area contributed by atoms with Crippen LogP contribution in [0, 0.1) is 5.41 Å². The molecule has 0 heterocycles. The van der Waals surface area contributed by atoms with Crippen molar-refractivity contribution >= 4 is 27.5 Å². The van der Waals surface area contributed by atoms with E-state index in [2.05, 4.69) is 29.8 Å². The molecule has 0 aliphatic carbocycles. The Balaban J connectivity index is 3.37. The molecule has 0 unspecified atom stereocenters. The van der Waals surface area contributed by atoms with Gasteiger partial charge in [0.15, 0.2) is 0 Å². The van der Waals surface area contributed by atoms with Crippen molar-refractivity contribution in [2.45, 2.75) is 20.3 Å². The van der Waals surface area contributed by atoms with Gasteiger partial charge in [-0.25, -0.2) is 0 Å². The molecule has 0 aromatic rings. The zero-order valence-electron chi connectivity index (χ0n) is 5.38. The average Bonchev–Trinajstić information content (AvgIpc) is 1.67. The number of hydrogen-bond acceptors (Lipinski definition) is 0. The van der Waals surface area contributed by atoms with E-state index in [1.54, 1.807) is 0 Å². The minimum atomic E-state index is 0.311. The summed E-state index contributed by atoms with van der Waals surface area (Å²) in [4.78, 5) is 0. The summed E-state index contributed by atoms with van der Waals surface area (Å²) in [5, 5.41) is 1.05. The fraction of sp³-hybridized carbons (Fsp3) is 1.00. The third kappa shape index (κ3) is 3.73. The van der Waals surface area contributed by atoms with E-state index >= 15 is 0 Å². The molecule has 0 fully saturated rings. The van der Waals surface area contributed by atoms with Gasteiger partial charge in [-0.3, -0.25) is 0 Å². The third-order valence-corrected chi connectivity index (χ3v) is 2.25. The second kappa shape index (κ2) is 3.73. The van der Waals surface area contributed by atoms with Crippen LogP contribution >= 0.6 is 27.5 Å². The fourth-order valence-corrected chi connectivity index (χ4v) is 1.53. The molecular weight excluding hydrogens is 187 g/mol. The van der Waals surface area contributed by atoms with Crippen molar-refractivity contribution in [3.8, 4) is 0 Å². The van der Waals surface area contributed by atoms with E-state index in [4.69, 9.17) is 11.6 Å². The normalized spacial score (nSPS) is 12.0. The second-order valence-electron chi connectivity index (χ2n) is 2.74. The van der Waals surface area contributed by atoms with Crippen molar-refractivity contribution in [1.82, 2.24) is 0 Å². The largest absolute Gasteiger partial charge is 0.126 e. The van der Waals surface area contributed by atoms with Gasteiger partial charge < -0.3 is 0 Å². The van der Waals surface area contributed by atoms with Crippen molar-refractivity contribution in [2.75, 3.05) is 11.2 Å². The molecule has 0 saturated carbocycles. The molecule has 0 aliphatic rings. The zero-order valence-corrected chi connectivity index (χ0v) is 7.72. The summed E-state index contributed by atoms with van der Waals surface area (Å²) >= 11 is 9.02. The van der Waals surface area contributed by atoms with Crippen molar-refractivity contribution in [3.05, 3.63) is 0 Å². The van der Waals surface area contributed by atoms with E-state index in [1.807, 2.05) is 0 Å². The van der Waals surface area contributed by atoms with E-state index in [-0.39, 0.29) is 0 Å². The summed E-state index contributed by atoms with van der Waals surface area (Å²) in [6.07, 6.45) is 1.15. The summed E-state index contributed by atoms with van der Waals surface area (Å²) in [6, 6.07) is 0. The smallest absolute Gasteiger partial charge is 0.0275 e. The molecule has 0 spiro atoms. The van der Waals surface area contributed by atoms with E-state index in [0.29, 0.717) is 5.41 Å². The summed E-state index contributed by atoms with van der Waals surface area (Å²) in [6.45, 7) is 4.34. The Morgan fingerprint density at radius 1 is 1.50 bits per heavy atom. The molecule has 0 rings (SSSR count). The molecule has 8 heavy (non-hydrogen) atoms. The molecule has 2 heteroatoms. The lowest BCUT2D eigenvalue weighted by atomic mass is 9.93. The van der Waals surface area contributed by atoms with Gasteiger partial charge in [-0.15, -0.1) is 11.6 Å². The van der Waals surface area contributed by atoms with Crippen LogP contribution < -0.4 is 0 Å². The minimum absolute atomic E-state index is 0.311. The van der Waals surface area contributed by atoms with Gasteiger partial charge in [-0.05, 0) is 11.8 Å². The topological polar surface area (TPSA) is 0 Å². The van der Waals surface area contributed by atoms with Crippen molar-refractivity contribution in [3.63, 3.8) is 0 Å². The summed E-state index contributed by atoms with van der Waals surface area (Å²) in [5.41, 5.74) is 0.311. The summed E-state index contributed by atoms with van der Waals surface area (Å²) in [7, 11) is 0. The highest BCUT2D eigenvalue weighted by Gasteiger charge is 2.13. The molecule has 0 radical (unpaired) electrons. The SMILES string of the molecule is CC(C)(CCl)CCBr. The Morgan fingerprint density at radius 3 is 2.12 bits per heavy atom. The number of alkyl halides is 2. The highest BCUT2D eigenvalue weighted by atomic mass is 79.9. The van der Waals surface area contributed by atoms with Gasteiger partial charge in [-0.2, -0.15) is 0 Å². The Bertz CT molecular complexity index is 61.5.